The van der Waals surface area contributed by atoms with Gasteiger partial charge in [0.05, 0.1) is 25.0 Å². The van der Waals surface area contributed by atoms with Crippen LogP contribution in [0.25, 0.3) is 0 Å². The maximum atomic E-state index is 14.8. The van der Waals surface area contributed by atoms with Crippen molar-refractivity contribution in [3.05, 3.63) is 35.7 Å². The maximum absolute atomic E-state index is 14.8. The Labute approximate surface area is 174 Å². The molecule has 1 aromatic heterocycles. The molecule has 0 spiro atoms. The van der Waals surface area contributed by atoms with Gasteiger partial charge in [0.1, 0.15) is 24.2 Å². The molecule has 2 aliphatic rings. The average molecular weight is 440 g/mol. The molecule has 0 aliphatic carbocycles. The molecule has 10 nitrogen and oxygen atoms in total. The SMILES string of the molecule is O=C(O)N1CCN(c2c(F)cc(N3C[C@H](Cn4cc(CF)nn4)OC3=O)cc2F)CC1. The molecule has 2 amide bonds. The minimum atomic E-state index is -1.08. The van der Waals surface area contributed by atoms with Gasteiger partial charge in [0.15, 0.2) is 11.6 Å². The molecular formula is C18H19F3N6O4. The smallest absolute Gasteiger partial charge is 0.414 e. The third-order valence-corrected chi connectivity index (χ3v) is 5.17. The molecule has 3 heterocycles. The molecule has 2 aliphatic heterocycles. The molecule has 1 aromatic carbocycles. The number of hydrogen-bond donors (Lipinski definition) is 1. The van der Waals surface area contributed by atoms with Crippen molar-refractivity contribution in [1.82, 2.24) is 19.9 Å². The number of rotatable bonds is 5. The molecule has 0 unspecified atom stereocenters. The molecule has 1 N–H and O–H groups in total. The van der Waals surface area contributed by atoms with Gasteiger partial charge in [-0.05, 0) is 0 Å². The molecule has 2 fully saturated rings. The maximum Gasteiger partial charge on any atom is 0.414 e. The minimum Gasteiger partial charge on any atom is -0.465 e. The van der Waals surface area contributed by atoms with Crippen LogP contribution in [0.5, 0.6) is 0 Å². The van der Waals surface area contributed by atoms with Gasteiger partial charge in [0, 0.05) is 38.3 Å². The van der Waals surface area contributed by atoms with Crippen molar-refractivity contribution in [2.45, 2.75) is 19.3 Å². The number of cyclic esters (lactones) is 1. The van der Waals surface area contributed by atoms with Crippen molar-refractivity contribution in [2.24, 2.45) is 0 Å². The summed E-state index contributed by atoms with van der Waals surface area (Å²) in [5.74, 6) is -1.72. The third-order valence-electron chi connectivity index (χ3n) is 5.17. The Hall–Kier alpha value is -3.51. The highest BCUT2D eigenvalue weighted by Gasteiger charge is 2.34. The van der Waals surface area contributed by atoms with Gasteiger partial charge in [-0.15, -0.1) is 5.10 Å². The van der Waals surface area contributed by atoms with E-state index < -0.39 is 36.6 Å². The predicted molar refractivity (Wildman–Crippen MR) is 101 cm³/mol. The summed E-state index contributed by atoms with van der Waals surface area (Å²) in [6, 6.07) is 2.09. The largest absolute Gasteiger partial charge is 0.465 e. The second kappa shape index (κ2) is 8.32. The van der Waals surface area contributed by atoms with Gasteiger partial charge in [-0.1, -0.05) is 5.21 Å². The van der Waals surface area contributed by atoms with Crippen LogP contribution in [0.3, 0.4) is 0 Å². The van der Waals surface area contributed by atoms with Gasteiger partial charge in [0.25, 0.3) is 0 Å². The fraction of sp³-hybridized carbons (Fsp3) is 0.444. The van der Waals surface area contributed by atoms with Gasteiger partial charge in [-0.3, -0.25) is 4.90 Å². The van der Waals surface area contributed by atoms with Crippen LogP contribution >= 0.6 is 0 Å². The van der Waals surface area contributed by atoms with Crippen molar-refractivity contribution >= 4 is 23.6 Å². The summed E-state index contributed by atoms with van der Waals surface area (Å²) in [5.41, 5.74) is -0.122. The molecule has 166 valence electrons. The number of anilines is 2. The molecule has 4 rings (SSSR count). The summed E-state index contributed by atoms with van der Waals surface area (Å²) in [4.78, 5) is 26.9. The number of ether oxygens (including phenoxy) is 1. The van der Waals surface area contributed by atoms with Crippen LogP contribution in [0.2, 0.25) is 0 Å². The number of carboxylic acid groups (broad SMARTS) is 1. The van der Waals surface area contributed by atoms with Crippen molar-refractivity contribution in [1.29, 1.82) is 0 Å². The number of nitrogens with zero attached hydrogens (tertiary/aromatic N) is 6. The number of carbonyl (C=O) groups excluding carboxylic acids is 1. The average Bonchev–Trinajstić information content (AvgIpc) is 3.34. The third kappa shape index (κ3) is 4.20. The lowest BCUT2D eigenvalue weighted by Gasteiger charge is -2.35. The first-order valence-corrected chi connectivity index (χ1v) is 9.50. The quantitative estimate of drug-likeness (QED) is 0.757. The zero-order valence-electron chi connectivity index (χ0n) is 16.2. The standard InChI is InChI=1S/C18H19F3N6O4/c19-7-11-8-26(23-22-11)9-13-10-27(18(30)31-13)12-5-14(20)16(15(21)6-12)24-1-3-25(4-2-24)17(28)29/h5-6,8,13H,1-4,7,9-10H2,(H,28,29)/t13-/m0/s1. The van der Waals surface area contributed by atoms with Crippen LogP contribution < -0.4 is 9.80 Å². The highest BCUT2D eigenvalue weighted by atomic mass is 19.1. The highest BCUT2D eigenvalue weighted by Crippen LogP contribution is 2.31. The Morgan fingerprint density at radius 2 is 1.87 bits per heavy atom. The van der Waals surface area contributed by atoms with E-state index in [1.165, 1.54) is 20.7 Å². The number of hydrogen-bond acceptors (Lipinski definition) is 6. The van der Waals surface area contributed by atoms with Crippen molar-refractivity contribution in [3.8, 4) is 0 Å². The summed E-state index contributed by atoms with van der Waals surface area (Å²) in [7, 11) is 0. The molecule has 0 bridgehead atoms. The first kappa shape index (κ1) is 20.8. The Kier molecular flexibility index (Phi) is 5.57. The monoisotopic (exact) mass is 440 g/mol. The van der Waals surface area contributed by atoms with Crippen molar-refractivity contribution in [2.75, 3.05) is 42.5 Å². The molecule has 0 saturated carbocycles. The van der Waals surface area contributed by atoms with Crippen LogP contribution in [0, 0.1) is 11.6 Å². The van der Waals surface area contributed by atoms with Gasteiger partial charge < -0.3 is 19.6 Å². The minimum absolute atomic E-state index is 0.00143. The molecule has 31 heavy (non-hydrogen) atoms. The van der Waals surface area contributed by atoms with Gasteiger partial charge in [0.2, 0.25) is 0 Å². The van der Waals surface area contributed by atoms with Crippen LogP contribution in [-0.4, -0.2) is 76.0 Å². The van der Waals surface area contributed by atoms with Gasteiger partial charge >= 0.3 is 12.2 Å². The number of benzene rings is 1. The summed E-state index contributed by atoms with van der Waals surface area (Å²) >= 11 is 0. The van der Waals surface area contributed by atoms with Gasteiger partial charge in [-0.2, -0.15) is 0 Å². The van der Waals surface area contributed by atoms with Crippen molar-refractivity contribution < 1.29 is 32.6 Å². The first-order chi connectivity index (χ1) is 14.9. The van der Waals surface area contributed by atoms with Crippen LogP contribution in [0.4, 0.5) is 34.1 Å². The second-order valence-corrected chi connectivity index (χ2v) is 7.20. The van der Waals surface area contributed by atoms with E-state index in [0.29, 0.717) is 0 Å². The summed E-state index contributed by atoms with van der Waals surface area (Å²) < 4.78 is 48.7. The predicted octanol–water partition coefficient (Wildman–Crippen LogP) is 1.85. The molecule has 0 radical (unpaired) electrons. The lowest BCUT2D eigenvalue weighted by molar-refractivity contribution is 0.129. The molecule has 2 saturated heterocycles. The molecule has 1 atom stereocenters. The number of amides is 2. The normalized spacial score (nSPS) is 19.1. The van der Waals surface area contributed by atoms with E-state index in [0.717, 1.165) is 17.0 Å². The van der Waals surface area contributed by atoms with E-state index in [-0.39, 0.29) is 56.3 Å². The van der Waals surface area contributed by atoms with E-state index >= 15 is 0 Å². The Bertz CT molecular complexity index is 971. The fourth-order valence-electron chi connectivity index (χ4n) is 3.66. The summed E-state index contributed by atoms with van der Waals surface area (Å²) in [6.45, 7) is -0.0820. The summed E-state index contributed by atoms with van der Waals surface area (Å²) in [5, 5.41) is 16.3. The molecule has 13 heteroatoms. The number of carbonyl (C=O) groups is 2. The highest BCUT2D eigenvalue weighted by molar-refractivity contribution is 5.90. The van der Waals surface area contributed by atoms with E-state index in [4.69, 9.17) is 9.84 Å². The number of piperazine rings is 1. The first-order valence-electron chi connectivity index (χ1n) is 9.50. The van der Waals surface area contributed by atoms with Crippen LogP contribution in [-0.2, 0) is 18.0 Å². The Morgan fingerprint density at radius 3 is 2.45 bits per heavy atom. The number of alkyl halides is 1. The Balaban J connectivity index is 1.46. The van der Waals surface area contributed by atoms with E-state index in [9.17, 15) is 22.8 Å². The lowest BCUT2D eigenvalue weighted by atomic mass is 10.2. The summed E-state index contributed by atoms with van der Waals surface area (Å²) in [6.07, 6.45) is -1.12. The number of aromatic nitrogens is 3. The number of halogens is 3. The molecule has 2 aromatic rings. The van der Waals surface area contributed by atoms with Crippen LogP contribution in [0.1, 0.15) is 5.69 Å². The van der Waals surface area contributed by atoms with Crippen molar-refractivity contribution in [3.63, 3.8) is 0 Å². The lowest BCUT2D eigenvalue weighted by Crippen LogP contribution is -2.48. The van der Waals surface area contributed by atoms with Crippen LogP contribution in [0.15, 0.2) is 18.3 Å². The zero-order chi connectivity index (χ0) is 22.1. The molecular weight excluding hydrogens is 421 g/mol. The van der Waals surface area contributed by atoms with Gasteiger partial charge in [-0.25, -0.2) is 27.4 Å². The Morgan fingerprint density at radius 1 is 1.19 bits per heavy atom. The van der Waals surface area contributed by atoms with E-state index in [1.807, 2.05) is 0 Å². The topological polar surface area (TPSA) is 104 Å². The van der Waals surface area contributed by atoms with E-state index in [2.05, 4.69) is 10.3 Å². The second-order valence-electron chi connectivity index (χ2n) is 7.20. The zero-order valence-corrected chi connectivity index (χ0v) is 16.2. The van der Waals surface area contributed by atoms with E-state index in [1.54, 1.807) is 0 Å². The fourth-order valence-corrected chi connectivity index (χ4v) is 3.66.